The van der Waals surface area contributed by atoms with E-state index >= 15 is 0 Å². The molecule has 0 radical (unpaired) electrons. The topological polar surface area (TPSA) is 86.7 Å². The maximum Gasteiger partial charge on any atom is 0.240 e. The third-order valence-corrected chi connectivity index (χ3v) is 5.33. The summed E-state index contributed by atoms with van der Waals surface area (Å²) in [5.41, 5.74) is 1.14. The maximum atomic E-state index is 12.3. The molecule has 7 heteroatoms. The fraction of sp³-hybridized carbons (Fsp3) is 0.533. The standard InChI is InChI=1S/C15H22N2O4S/c1-10(18)9-16-22(20,21)11-5-6-13-12(7-11)15(2,3)8-14(19)17(13)4/h5-7,10,16,18H,8-9H2,1-4H3. The highest BCUT2D eigenvalue weighted by molar-refractivity contribution is 7.89. The molecule has 0 bridgehead atoms. The highest BCUT2D eigenvalue weighted by atomic mass is 32.2. The highest BCUT2D eigenvalue weighted by Crippen LogP contribution is 2.40. The van der Waals surface area contributed by atoms with Crippen molar-refractivity contribution < 1.29 is 18.3 Å². The zero-order chi connectivity index (χ0) is 16.7. The van der Waals surface area contributed by atoms with Gasteiger partial charge in [-0.1, -0.05) is 13.8 Å². The number of rotatable bonds is 4. The van der Waals surface area contributed by atoms with Gasteiger partial charge in [0.2, 0.25) is 15.9 Å². The minimum atomic E-state index is -3.68. The van der Waals surface area contributed by atoms with Crippen LogP contribution in [-0.4, -0.2) is 39.1 Å². The van der Waals surface area contributed by atoms with E-state index in [1.54, 1.807) is 24.1 Å². The predicted molar refractivity (Wildman–Crippen MR) is 84.4 cm³/mol. The fourth-order valence-electron chi connectivity index (χ4n) is 2.56. The summed E-state index contributed by atoms with van der Waals surface area (Å²) in [7, 11) is -1.99. The molecule has 1 heterocycles. The Morgan fingerprint density at radius 2 is 2.05 bits per heavy atom. The van der Waals surface area contributed by atoms with Crippen molar-refractivity contribution in [2.45, 2.75) is 43.6 Å². The first-order chi connectivity index (χ1) is 10.0. The Morgan fingerprint density at radius 3 is 2.64 bits per heavy atom. The number of aliphatic hydroxyl groups is 1. The van der Waals surface area contributed by atoms with Crippen molar-refractivity contribution in [3.8, 4) is 0 Å². The SMILES string of the molecule is CC(O)CNS(=O)(=O)c1ccc2c(c1)C(C)(C)CC(=O)N2C. The Kier molecular flexibility index (Phi) is 4.34. The van der Waals surface area contributed by atoms with E-state index in [0.717, 1.165) is 11.3 Å². The van der Waals surface area contributed by atoms with E-state index in [0.29, 0.717) is 6.42 Å². The van der Waals surface area contributed by atoms with Crippen LogP contribution in [0.4, 0.5) is 5.69 Å². The van der Waals surface area contributed by atoms with Crippen molar-refractivity contribution in [1.29, 1.82) is 0 Å². The van der Waals surface area contributed by atoms with Gasteiger partial charge in [0.05, 0.1) is 11.0 Å². The van der Waals surface area contributed by atoms with Gasteiger partial charge in [-0.2, -0.15) is 0 Å². The van der Waals surface area contributed by atoms with Gasteiger partial charge in [-0.05, 0) is 30.7 Å². The number of hydrogen-bond donors (Lipinski definition) is 2. The molecule has 0 saturated carbocycles. The average Bonchev–Trinajstić information content (AvgIpc) is 2.42. The molecule has 0 saturated heterocycles. The minimum absolute atomic E-state index is 0.0142. The maximum absolute atomic E-state index is 12.3. The molecule has 1 aromatic rings. The molecule has 6 nitrogen and oxygen atoms in total. The van der Waals surface area contributed by atoms with Gasteiger partial charge in [-0.25, -0.2) is 13.1 Å². The largest absolute Gasteiger partial charge is 0.392 e. The Hall–Kier alpha value is -1.44. The second kappa shape index (κ2) is 5.64. The van der Waals surface area contributed by atoms with Crippen LogP contribution in [0.3, 0.4) is 0 Å². The van der Waals surface area contributed by atoms with Gasteiger partial charge in [0.15, 0.2) is 0 Å². The van der Waals surface area contributed by atoms with Gasteiger partial charge in [-0.3, -0.25) is 4.79 Å². The fourth-order valence-corrected chi connectivity index (χ4v) is 3.70. The number of benzene rings is 1. The zero-order valence-electron chi connectivity index (χ0n) is 13.3. The predicted octanol–water partition coefficient (Wildman–Crippen LogP) is 0.990. The van der Waals surface area contributed by atoms with E-state index < -0.39 is 21.5 Å². The Bertz CT molecular complexity index is 695. The highest BCUT2D eigenvalue weighted by Gasteiger charge is 2.36. The molecule has 0 aromatic heterocycles. The smallest absolute Gasteiger partial charge is 0.240 e. The molecule has 1 aliphatic heterocycles. The summed E-state index contributed by atoms with van der Waals surface area (Å²) < 4.78 is 26.9. The molecule has 2 rings (SSSR count). The van der Waals surface area contributed by atoms with E-state index in [1.165, 1.54) is 13.0 Å². The number of fused-ring (bicyclic) bond motifs is 1. The monoisotopic (exact) mass is 326 g/mol. The number of carbonyl (C=O) groups excluding carboxylic acids is 1. The lowest BCUT2D eigenvalue weighted by Crippen LogP contribution is -2.39. The zero-order valence-corrected chi connectivity index (χ0v) is 14.1. The van der Waals surface area contributed by atoms with Gasteiger partial charge in [0, 0.05) is 31.1 Å². The van der Waals surface area contributed by atoms with Gasteiger partial charge >= 0.3 is 0 Å². The molecule has 0 aliphatic carbocycles. The van der Waals surface area contributed by atoms with Crippen LogP contribution >= 0.6 is 0 Å². The molecule has 1 atom stereocenters. The first kappa shape index (κ1) is 16.9. The number of nitrogens with zero attached hydrogens (tertiary/aromatic N) is 1. The second-order valence-electron chi connectivity index (χ2n) is 6.39. The molecule has 1 aromatic carbocycles. The molecule has 1 unspecified atom stereocenters. The summed E-state index contributed by atoms with van der Waals surface area (Å²) in [6, 6.07) is 4.75. The van der Waals surface area contributed by atoms with Gasteiger partial charge in [-0.15, -0.1) is 0 Å². The number of anilines is 1. The summed E-state index contributed by atoms with van der Waals surface area (Å²) in [6.07, 6.45) is -0.422. The third kappa shape index (κ3) is 3.16. The first-order valence-electron chi connectivity index (χ1n) is 7.13. The van der Waals surface area contributed by atoms with Crippen LogP contribution in [0.25, 0.3) is 0 Å². The number of hydrogen-bond acceptors (Lipinski definition) is 4. The van der Waals surface area contributed by atoms with Crippen molar-refractivity contribution in [2.24, 2.45) is 0 Å². The number of sulfonamides is 1. The average molecular weight is 326 g/mol. The third-order valence-electron chi connectivity index (χ3n) is 3.90. The normalized spacial score (nSPS) is 19.0. The quantitative estimate of drug-likeness (QED) is 0.864. The molecular formula is C15H22N2O4S. The van der Waals surface area contributed by atoms with Crippen molar-refractivity contribution >= 4 is 21.6 Å². The number of nitrogens with one attached hydrogen (secondary N) is 1. The van der Waals surface area contributed by atoms with Crippen molar-refractivity contribution in [3.05, 3.63) is 23.8 Å². The van der Waals surface area contributed by atoms with Crippen molar-refractivity contribution in [3.63, 3.8) is 0 Å². The van der Waals surface area contributed by atoms with Crippen LogP contribution in [0.5, 0.6) is 0 Å². The van der Waals surface area contributed by atoms with E-state index in [4.69, 9.17) is 0 Å². The van der Waals surface area contributed by atoms with Crippen LogP contribution < -0.4 is 9.62 Å². The van der Waals surface area contributed by atoms with Crippen LogP contribution in [0.1, 0.15) is 32.8 Å². The molecule has 2 N–H and O–H groups in total. The van der Waals surface area contributed by atoms with E-state index in [-0.39, 0.29) is 17.3 Å². The van der Waals surface area contributed by atoms with Crippen molar-refractivity contribution in [2.75, 3.05) is 18.5 Å². The lowest BCUT2D eigenvalue weighted by molar-refractivity contribution is -0.119. The first-order valence-corrected chi connectivity index (χ1v) is 8.62. The molecule has 0 fully saturated rings. The lowest BCUT2D eigenvalue weighted by Gasteiger charge is -2.37. The number of amides is 1. The molecule has 0 spiro atoms. The summed E-state index contributed by atoms with van der Waals surface area (Å²) in [6.45, 7) is 5.33. The van der Waals surface area contributed by atoms with E-state index in [2.05, 4.69) is 4.72 Å². The van der Waals surface area contributed by atoms with Gasteiger partial charge in [0.1, 0.15) is 0 Å². The second-order valence-corrected chi connectivity index (χ2v) is 8.16. The molecule has 22 heavy (non-hydrogen) atoms. The summed E-state index contributed by atoms with van der Waals surface area (Å²) >= 11 is 0. The Labute approximate surface area is 131 Å². The van der Waals surface area contributed by atoms with Crippen LogP contribution in [-0.2, 0) is 20.2 Å². The minimum Gasteiger partial charge on any atom is -0.392 e. The van der Waals surface area contributed by atoms with Crippen LogP contribution in [0.2, 0.25) is 0 Å². The van der Waals surface area contributed by atoms with E-state index in [1.807, 2.05) is 13.8 Å². The summed E-state index contributed by atoms with van der Waals surface area (Å²) in [5, 5.41) is 9.23. The molecule has 1 amide bonds. The van der Waals surface area contributed by atoms with Crippen LogP contribution in [0, 0.1) is 0 Å². The Balaban J connectivity index is 2.45. The van der Waals surface area contributed by atoms with Gasteiger partial charge < -0.3 is 10.0 Å². The summed E-state index contributed by atoms with van der Waals surface area (Å²) in [4.78, 5) is 13.7. The lowest BCUT2D eigenvalue weighted by atomic mass is 9.77. The number of carbonyl (C=O) groups is 1. The van der Waals surface area contributed by atoms with Crippen LogP contribution in [0.15, 0.2) is 23.1 Å². The molecular weight excluding hydrogens is 304 g/mol. The van der Waals surface area contributed by atoms with Gasteiger partial charge in [0.25, 0.3) is 0 Å². The Morgan fingerprint density at radius 1 is 1.41 bits per heavy atom. The molecule has 122 valence electrons. The van der Waals surface area contributed by atoms with Crippen molar-refractivity contribution in [1.82, 2.24) is 4.72 Å². The van der Waals surface area contributed by atoms with E-state index in [9.17, 15) is 18.3 Å². The molecule has 1 aliphatic rings. The number of aliphatic hydroxyl groups excluding tert-OH is 1. The summed E-state index contributed by atoms with van der Waals surface area (Å²) in [5.74, 6) is 0.0142.